The molecule has 4 heteroatoms. The van der Waals surface area contributed by atoms with Crippen LogP contribution < -0.4 is 5.73 Å². The van der Waals surface area contributed by atoms with E-state index in [0.717, 1.165) is 32.3 Å². The number of hydrogen-bond donors (Lipinski definition) is 1. The summed E-state index contributed by atoms with van der Waals surface area (Å²) in [6, 6.07) is 8.41. The van der Waals surface area contributed by atoms with Crippen molar-refractivity contribution in [3.8, 4) is 0 Å². The lowest BCUT2D eigenvalue weighted by molar-refractivity contribution is 0.1000. The van der Waals surface area contributed by atoms with Gasteiger partial charge in [0.15, 0.2) is 0 Å². The molecular formula is C16H22N2O2. The second kappa shape index (κ2) is 5.94. The minimum atomic E-state index is -0.362. The van der Waals surface area contributed by atoms with Crippen LogP contribution in [0.5, 0.6) is 0 Å². The predicted octanol–water partition coefficient (Wildman–Crippen LogP) is 1.79. The molecule has 1 aliphatic carbocycles. The van der Waals surface area contributed by atoms with E-state index < -0.39 is 0 Å². The van der Waals surface area contributed by atoms with Crippen LogP contribution in [0.1, 0.15) is 35.2 Å². The molecule has 0 spiro atoms. The topological polar surface area (TPSA) is 55.6 Å². The Hall–Kier alpha value is -1.39. The average molecular weight is 274 g/mol. The van der Waals surface area contributed by atoms with Gasteiger partial charge < -0.3 is 10.5 Å². The molecule has 0 aromatic heterocycles. The number of rotatable bonds is 6. The molecular weight excluding hydrogens is 252 g/mol. The van der Waals surface area contributed by atoms with Gasteiger partial charge in [-0.15, -0.1) is 0 Å². The first-order valence-electron chi connectivity index (χ1n) is 7.43. The Morgan fingerprint density at radius 2 is 2.00 bits per heavy atom. The van der Waals surface area contributed by atoms with Gasteiger partial charge in [-0.3, -0.25) is 9.69 Å². The molecule has 1 heterocycles. The van der Waals surface area contributed by atoms with Gasteiger partial charge in [0, 0.05) is 31.3 Å². The van der Waals surface area contributed by atoms with Crippen molar-refractivity contribution in [1.29, 1.82) is 0 Å². The van der Waals surface area contributed by atoms with E-state index in [9.17, 15) is 4.79 Å². The van der Waals surface area contributed by atoms with Crippen LogP contribution in [0.2, 0.25) is 0 Å². The highest BCUT2D eigenvalue weighted by Gasteiger charge is 2.31. The maximum absolute atomic E-state index is 11.1. The smallest absolute Gasteiger partial charge is 0.248 e. The van der Waals surface area contributed by atoms with Crippen molar-refractivity contribution in [1.82, 2.24) is 4.90 Å². The molecule has 1 atom stereocenters. The molecule has 4 nitrogen and oxygen atoms in total. The van der Waals surface area contributed by atoms with Crippen LogP contribution in [0.25, 0.3) is 0 Å². The fourth-order valence-electron chi connectivity index (χ4n) is 2.85. The summed E-state index contributed by atoms with van der Waals surface area (Å²) in [6.45, 7) is 3.91. The van der Waals surface area contributed by atoms with Crippen LogP contribution in [-0.2, 0) is 11.3 Å². The zero-order chi connectivity index (χ0) is 13.9. The first kappa shape index (κ1) is 13.6. The Kier molecular flexibility index (Phi) is 4.03. The van der Waals surface area contributed by atoms with Crippen molar-refractivity contribution in [2.45, 2.75) is 31.8 Å². The minimum Gasteiger partial charge on any atom is -0.381 e. The summed E-state index contributed by atoms with van der Waals surface area (Å²) in [7, 11) is 0. The van der Waals surface area contributed by atoms with E-state index in [-0.39, 0.29) is 5.91 Å². The van der Waals surface area contributed by atoms with Crippen molar-refractivity contribution in [3.05, 3.63) is 35.4 Å². The molecule has 1 saturated carbocycles. The highest BCUT2D eigenvalue weighted by molar-refractivity contribution is 5.92. The number of nitrogens with two attached hydrogens (primary N) is 1. The van der Waals surface area contributed by atoms with Gasteiger partial charge in [0.05, 0.1) is 6.61 Å². The summed E-state index contributed by atoms with van der Waals surface area (Å²) in [5.74, 6) is 0.319. The Morgan fingerprint density at radius 1 is 1.25 bits per heavy atom. The van der Waals surface area contributed by atoms with Crippen molar-refractivity contribution in [2.75, 3.05) is 19.8 Å². The monoisotopic (exact) mass is 274 g/mol. The third-order valence-corrected chi connectivity index (χ3v) is 4.20. The molecule has 1 unspecified atom stereocenters. The third-order valence-electron chi connectivity index (χ3n) is 4.20. The van der Waals surface area contributed by atoms with Gasteiger partial charge >= 0.3 is 0 Å². The summed E-state index contributed by atoms with van der Waals surface area (Å²) in [4.78, 5) is 13.6. The van der Waals surface area contributed by atoms with Crippen molar-refractivity contribution in [2.24, 2.45) is 11.7 Å². The lowest BCUT2D eigenvalue weighted by Gasteiger charge is -2.25. The van der Waals surface area contributed by atoms with E-state index >= 15 is 0 Å². The van der Waals surface area contributed by atoms with Gasteiger partial charge in [0.2, 0.25) is 5.91 Å². The third kappa shape index (κ3) is 3.38. The summed E-state index contributed by atoms with van der Waals surface area (Å²) in [6.07, 6.45) is 3.81. The van der Waals surface area contributed by atoms with E-state index in [2.05, 4.69) is 4.90 Å². The molecule has 1 amide bonds. The second-order valence-electron chi connectivity index (χ2n) is 5.95. The number of amides is 1. The van der Waals surface area contributed by atoms with Crippen LogP contribution in [0.3, 0.4) is 0 Å². The van der Waals surface area contributed by atoms with E-state index in [0.29, 0.717) is 11.5 Å². The highest BCUT2D eigenvalue weighted by Crippen LogP contribution is 2.30. The quantitative estimate of drug-likeness (QED) is 0.860. The number of ether oxygens (including phenoxy) is 1. The maximum Gasteiger partial charge on any atom is 0.248 e. The van der Waals surface area contributed by atoms with Gasteiger partial charge in [-0.2, -0.15) is 0 Å². The van der Waals surface area contributed by atoms with Gasteiger partial charge in [0.1, 0.15) is 0 Å². The predicted molar refractivity (Wildman–Crippen MR) is 77.3 cm³/mol. The lowest BCUT2D eigenvalue weighted by atomic mass is 10.1. The fraction of sp³-hybridized carbons (Fsp3) is 0.562. The van der Waals surface area contributed by atoms with Crippen molar-refractivity contribution >= 4 is 5.91 Å². The molecule has 0 radical (unpaired) electrons. The number of nitrogens with zero attached hydrogens (tertiary/aromatic N) is 1. The Labute approximate surface area is 119 Å². The second-order valence-corrected chi connectivity index (χ2v) is 5.95. The van der Waals surface area contributed by atoms with Gasteiger partial charge in [0.25, 0.3) is 0 Å². The number of benzene rings is 1. The summed E-state index contributed by atoms with van der Waals surface area (Å²) in [5, 5.41) is 0. The standard InChI is InChI=1S/C16H22N2O2/c17-16(19)14-3-1-12(2-4-14)9-18(15-5-6-15)10-13-7-8-20-11-13/h1-4,13,15H,5-11H2,(H2,17,19). The molecule has 1 aliphatic heterocycles. The largest absolute Gasteiger partial charge is 0.381 e. The van der Waals surface area contributed by atoms with Crippen LogP contribution in [-0.4, -0.2) is 36.6 Å². The molecule has 2 fully saturated rings. The average Bonchev–Trinajstić information content (AvgIpc) is 3.17. The number of hydrogen-bond acceptors (Lipinski definition) is 3. The van der Waals surface area contributed by atoms with Crippen LogP contribution in [0, 0.1) is 5.92 Å². The number of carbonyl (C=O) groups is 1. The summed E-state index contributed by atoms with van der Waals surface area (Å²) < 4.78 is 5.47. The van der Waals surface area contributed by atoms with Gasteiger partial charge in [-0.1, -0.05) is 12.1 Å². The van der Waals surface area contributed by atoms with E-state index in [1.165, 1.54) is 24.8 Å². The zero-order valence-electron chi connectivity index (χ0n) is 11.8. The maximum atomic E-state index is 11.1. The highest BCUT2D eigenvalue weighted by atomic mass is 16.5. The Morgan fingerprint density at radius 3 is 2.55 bits per heavy atom. The minimum absolute atomic E-state index is 0.362. The molecule has 1 aromatic carbocycles. The number of primary amides is 1. The molecule has 1 saturated heterocycles. The Bertz CT molecular complexity index is 462. The van der Waals surface area contributed by atoms with Gasteiger partial charge in [-0.05, 0) is 42.9 Å². The van der Waals surface area contributed by atoms with Gasteiger partial charge in [-0.25, -0.2) is 0 Å². The zero-order valence-corrected chi connectivity index (χ0v) is 11.8. The van der Waals surface area contributed by atoms with Crippen molar-refractivity contribution < 1.29 is 9.53 Å². The molecule has 1 aromatic rings. The van der Waals surface area contributed by atoms with Crippen LogP contribution in [0.4, 0.5) is 0 Å². The summed E-state index contributed by atoms with van der Waals surface area (Å²) >= 11 is 0. The van der Waals surface area contributed by atoms with E-state index in [1.54, 1.807) is 0 Å². The first-order chi connectivity index (χ1) is 9.72. The molecule has 20 heavy (non-hydrogen) atoms. The molecule has 3 rings (SSSR count). The normalized spacial score (nSPS) is 22.4. The van der Waals surface area contributed by atoms with Crippen LogP contribution in [0.15, 0.2) is 24.3 Å². The SMILES string of the molecule is NC(=O)c1ccc(CN(CC2CCOC2)C2CC2)cc1. The lowest BCUT2D eigenvalue weighted by Crippen LogP contribution is -2.31. The van der Waals surface area contributed by atoms with E-state index in [1.807, 2.05) is 24.3 Å². The number of carbonyl (C=O) groups excluding carboxylic acids is 1. The molecule has 2 N–H and O–H groups in total. The fourth-order valence-corrected chi connectivity index (χ4v) is 2.85. The van der Waals surface area contributed by atoms with Crippen molar-refractivity contribution in [3.63, 3.8) is 0 Å². The van der Waals surface area contributed by atoms with E-state index in [4.69, 9.17) is 10.5 Å². The first-order valence-corrected chi connectivity index (χ1v) is 7.43. The molecule has 108 valence electrons. The molecule has 0 bridgehead atoms. The Balaban J connectivity index is 1.61. The molecule has 2 aliphatic rings. The van der Waals surface area contributed by atoms with Crippen LogP contribution >= 0.6 is 0 Å². The summed E-state index contributed by atoms with van der Waals surface area (Å²) in [5.41, 5.74) is 7.10.